The smallest absolute Gasteiger partial charge is 0.748 e. The monoisotopic (exact) mass is 708 g/mol. The van der Waals surface area contributed by atoms with E-state index in [0.717, 1.165) is 67.9 Å². The minimum Gasteiger partial charge on any atom is -0.748 e. The fourth-order valence-corrected chi connectivity index (χ4v) is 8.04. The zero-order valence-corrected chi connectivity index (χ0v) is 31.7. The van der Waals surface area contributed by atoms with E-state index in [0.29, 0.717) is 44.8 Å². The molecule has 1 N–H and O–H groups in total. The second-order valence-electron chi connectivity index (χ2n) is 14.2. The first-order chi connectivity index (χ1) is 22.9. The van der Waals surface area contributed by atoms with Gasteiger partial charge in [-0.1, -0.05) is 6.92 Å². The van der Waals surface area contributed by atoms with E-state index in [4.69, 9.17) is 9.47 Å². The number of nitrogens with one attached hydrogen (secondary N) is 1. The Morgan fingerprint density at radius 3 is 2.47 bits per heavy atom. The van der Waals surface area contributed by atoms with Crippen LogP contribution in [0.4, 0.5) is 9.18 Å². The van der Waals surface area contributed by atoms with E-state index in [9.17, 15) is 27.0 Å². The van der Waals surface area contributed by atoms with Gasteiger partial charge in [0.2, 0.25) is 5.91 Å². The standard InChI is InChI=1S/C35H47FN4O7S.Na/c1-3-46-31-20-29(30-8-7-26(36)21-38-30)28(24-5-6-24)19-25(31)22-39-16-13-35(14-17-39)23-40(33(42)47-35)27-9-11-34(2,12-10-27)32(41)37-15-4-18-48(43,44)45;/h7-8,19-21,24,27H,3-6,9-18,22-23H2,1-2H3,(H,37,41)(H,43,44,45);/q;+1/p-1/t27-,34+;. The molecule has 11 nitrogen and oxygen atoms in total. The van der Waals surface area contributed by atoms with Gasteiger partial charge in [0.05, 0.1) is 35.2 Å². The van der Waals surface area contributed by atoms with Crippen LogP contribution >= 0.6 is 0 Å². The van der Waals surface area contributed by atoms with Crippen LogP contribution in [0.5, 0.6) is 5.75 Å². The third kappa shape index (κ3) is 9.15. The van der Waals surface area contributed by atoms with Crippen LogP contribution in [0.3, 0.4) is 0 Å². The number of likely N-dealkylation sites (tertiary alicyclic amines) is 1. The fraction of sp³-hybridized carbons (Fsp3) is 0.629. The minimum atomic E-state index is -4.30. The second kappa shape index (κ2) is 15.5. The molecule has 6 rings (SSSR count). The van der Waals surface area contributed by atoms with E-state index in [1.165, 1.54) is 17.8 Å². The Labute approximate surface area is 310 Å². The third-order valence-corrected chi connectivity index (χ3v) is 11.4. The van der Waals surface area contributed by atoms with Crippen molar-refractivity contribution in [3.05, 3.63) is 47.4 Å². The number of halogens is 1. The van der Waals surface area contributed by atoms with Crippen molar-refractivity contribution in [2.45, 2.75) is 95.7 Å². The van der Waals surface area contributed by atoms with Gasteiger partial charge in [0.15, 0.2) is 0 Å². The van der Waals surface area contributed by atoms with E-state index in [2.05, 4.69) is 27.3 Å². The molecular formula is C35H46FN4NaO7S. The van der Waals surface area contributed by atoms with Crippen molar-refractivity contribution in [1.82, 2.24) is 20.1 Å². The molecule has 262 valence electrons. The fourth-order valence-electron chi connectivity index (χ4n) is 7.54. The first-order valence-corrected chi connectivity index (χ1v) is 18.8. The number of carbonyl (C=O) groups is 2. The summed E-state index contributed by atoms with van der Waals surface area (Å²) in [6.45, 7) is 7.37. The van der Waals surface area contributed by atoms with Crippen molar-refractivity contribution in [3.63, 3.8) is 0 Å². The molecule has 2 amide bonds. The average Bonchev–Trinajstić information content (AvgIpc) is 3.85. The van der Waals surface area contributed by atoms with E-state index < -0.39 is 26.9 Å². The molecule has 2 aliphatic heterocycles. The number of piperidine rings is 1. The number of nitrogens with zero attached hydrogens (tertiary/aromatic N) is 3. The maximum atomic E-state index is 13.6. The first-order valence-electron chi connectivity index (χ1n) is 17.2. The van der Waals surface area contributed by atoms with Gasteiger partial charge in [-0.2, -0.15) is 0 Å². The van der Waals surface area contributed by atoms with Crippen molar-refractivity contribution in [2.24, 2.45) is 5.41 Å². The molecule has 3 heterocycles. The van der Waals surface area contributed by atoms with Gasteiger partial charge in [-0.25, -0.2) is 17.6 Å². The average molecular weight is 709 g/mol. The number of hydrogen-bond acceptors (Lipinski definition) is 9. The Morgan fingerprint density at radius 2 is 1.86 bits per heavy atom. The van der Waals surface area contributed by atoms with Crippen molar-refractivity contribution >= 4 is 22.1 Å². The van der Waals surface area contributed by atoms with E-state index in [1.54, 1.807) is 6.07 Å². The summed E-state index contributed by atoms with van der Waals surface area (Å²) in [5.41, 5.74) is 2.97. The van der Waals surface area contributed by atoms with Crippen LogP contribution in [0.2, 0.25) is 0 Å². The number of hydrogen-bond donors (Lipinski definition) is 1. The summed E-state index contributed by atoms with van der Waals surface area (Å²) >= 11 is 0. The molecule has 49 heavy (non-hydrogen) atoms. The van der Waals surface area contributed by atoms with Gasteiger partial charge in [-0.15, -0.1) is 0 Å². The number of amides is 2. The summed E-state index contributed by atoms with van der Waals surface area (Å²) in [5, 5.41) is 2.79. The van der Waals surface area contributed by atoms with Crippen LogP contribution in [0.15, 0.2) is 30.5 Å². The Bertz CT molecular complexity index is 1610. The molecule has 2 aliphatic carbocycles. The number of aromatic nitrogens is 1. The molecule has 2 saturated heterocycles. The molecule has 14 heteroatoms. The molecule has 2 saturated carbocycles. The molecule has 2 aromatic rings. The zero-order chi connectivity index (χ0) is 34.1. The maximum Gasteiger partial charge on any atom is 1.00 e. The van der Waals surface area contributed by atoms with Crippen LogP contribution in [0.25, 0.3) is 11.3 Å². The molecule has 1 spiro atoms. The van der Waals surface area contributed by atoms with Crippen LogP contribution in [0.1, 0.15) is 88.7 Å². The largest absolute Gasteiger partial charge is 1.00 e. The van der Waals surface area contributed by atoms with Crippen LogP contribution in [-0.2, 0) is 26.2 Å². The summed E-state index contributed by atoms with van der Waals surface area (Å²) in [6, 6.07) is 7.49. The van der Waals surface area contributed by atoms with Crippen molar-refractivity contribution < 1.29 is 66.0 Å². The van der Waals surface area contributed by atoms with Crippen LogP contribution < -0.4 is 39.6 Å². The summed E-state index contributed by atoms with van der Waals surface area (Å²) in [7, 11) is -4.30. The Kier molecular flexibility index (Phi) is 12.0. The van der Waals surface area contributed by atoms with Crippen molar-refractivity contribution in [2.75, 3.05) is 38.5 Å². The number of pyridine rings is 1. The van der Waals surface area contributed by atoms with Crippen molar-refractivity contribution in [1.29, 1.82) is 0 Å². The quantitative estimate of drug-likeness (QED) is 0.199. The van der Waals surface area contributed by atoms with Gasteiger partial charge < -0.3 is 24.2 Å². The summed E-state index contributed by atoms with van der Waals surface area (Å²) in [4.78, 5) is 34.6. The van der Waals surface area contributed by atoms with Gasteiger partial charge in [-0.05, 0) is 87.6 Å². The summed E-state index contributed by atoms with van der Waals surface area (Å²) in [5.74, 6) is 0.285. The van der Waals surface area contributed by atoms with Gasteiger partial charge in [0, 0.05) is 67.4 Å². The molecule has 1 aromatic carbocycles. The summed E-state index contributed by atoms with van der Waals surface area (Å²) in [6.07, 6.45) is 7.37. The first kappa shape index (κ1) is 38.0. The number of carbonyl (C=O) groups excluding carboxylic acids is 2. The molecule has 0 bridgehead atoms. The topological polar surface area (TPSA) is 141 Å². The summed E-state index contributed by atoms with van der Waals surface area (Å²) < 4.78 is 58.3. The number of ether oxygens (including phenoxy) is 2. The molecule has 1 aromatic heterocycles. The van der Waals surface area contributed by atoms with Crippen molar-refractivity contribution in [3.8, 4) is 17.0 Å². The maximum absolute atomic E-state index is 13.6. The van der Waals surface area contributed by atoms with Crippen LogP contribution in [-0.4, -0.2) is 89.9 Å². The number of benzene rings is 1. The Balaban J connectivity index is 0.00000468. The Hall–Kier alpha value is -2.29. The normalized spacial score (nSPS) is 24.0. The van der Waals surface area contributed by atoms with E-state index in [-0.39, 0.29) is 66.4 Å². The second-order valence-corrected chi connectivity index (χ2v) is 15.8. The predicted molar refractivity (Wildman–Crippen MR) is 176 cm³/mol. The molecule has 0 radical (unpaired) electrons. The van der Waals surface area contributed by atoms with E-state index in [1.807, 2.05) is 18.7 Å². The molecule has 0 atom stereocenters. The van der Waals surface area contributed by atoms with Gasteiger partial charge in [-0.3, -0.25) is 14.7 Å². The minimum absolute atomic E-state index is 0. The molecule has 0 unspecified atom stereocenters. The van der Waals surface area contributed by atoms with Crippen LogP contribution in [0, 0.1) is 11.2 Å². The van der Waals surface area contributed by atoms with E-state index >= 15 is 0 Å². The SMILES string of the molecule is CCOc1cc(-c2ccc(F)cn2)c(C2CC2)cc1CN1CCC2(CC1)CN([C@H]1CC[C@@](C)(C(=O)NCCCS(=O)(=O)[O-])CC1)C(=O)O2.[Na+]. The molecule has 4 aliphatic rings. The zero-order valence-electron chi connectivity index (χ0n) is 28.8. The van der Waals surface area contributed by atoms with Gasteiger partial charge >= 0.3 is 35.7 Å². The predicted octanol–water partition coefficient (Wildman–Crippen LogP) is 1.96. The number of rotatable bonds is 12. The molecular weight excluding hydrogens is 662 g/mol. The Morgan fingerprint density at radius 1 is 1.14 bits per heavy atom. The van der Waals surface area contributed by atoms with Gasteiger partial charge in [0.1, 0.15) is 17.2 Å². The third-order valence-electron chi connectivity index (χ3n) is 10.6. The molecule has 4 fully saturated rings. The van der Waals surface area contributed by atoms with Gasteiger partial charge in [0.25, 0.3) is 0 Å².